The van der Waals surface area contributed by atoms with Gasteiger partial charge in [0.05, 0.1) is 29.2 Å². The van der Waals surface area contributed by atoms with Gasteiger partial charge < -0.3 is 24.6 Å². The summed E-state index contributed by atoms with van der Waals surface area (Å²) in [5.74, 6) is -1.72. The van der Waals surface area contributed by atoms with Gasteiger partial charge in [-0.2, -0.15) is 13.2 Å². The Bertz CT molecular complexity index is 1830. The number of rotatable bonds is 9. The average Bonchev–Trinajstić information content (AvgIpc) is 3.63. The summed E-state index contributed by atoms with van der Waals surface area (Å²) in [6.07, 6.45) is -2.37. The van der Waals surface area contributed by atoms with Crippen LogP contribution >= 0.6 is 0 Å². The van der Waals surface area contributed by atoms with Crippen molar-refractivity contribution in [2.75, 3.05) is 44.3 Å². The number of hydrogen-bond donors (Lipinski definition) is 2. The number of morpholine rings is 1. The van der Waals surface area contributed by atoms with Gasteiger partial charge in [-0.3, -0.25) is 14.9 Å². The Labute approximate surface area is 261 Å². The van der Waals surface area contributed by atoms with Crippen molar-refractivity contribution in [3.63, 3.8) is 0 Å². The first-order valence-corrected chi connectivity index (χ1v) is 15.0. The number of carboxylic acids is 1. The van der Waals surface area contributed by atoms with Crippen molar-refractivity contribution in [2.24, 2.45) is 0 Å². The van der Waals surface area contributed by atoms with Crippen molar-refractivity contribution >= 4 is 34.2 Å². The van der Waals surface area contributed by atoms with E-state index in [2.05, 4.69) is 9.88 Å². The predicted octanol–water partition coefficient (Wildman–Crippen LogP) is 6.32. The molecule has 6 rings (SSSR count). The minimum atomic E-state index is -4.77. The normalized spacial score (nSPS) is 14.9. The Hall–Kier alpha value is -4.91. The lowest BCUT2D eigenvalue weighted by Crippen LogP contribution is -2.40. The lowest BCUT2D eigenvalue weighted by Gasteiger charge is -2.27. The molecule has 0 atom stereocenters. The number of H-pyrrole nitrogens is 1. The minimum Gasteiger partial charge on any atom is -0.477 e. The molecule has 1 aromatic heterocycles. The van der Waals surface area contributed by atoms with Crippen LogP contribution in [0.25, 0.3) is 22.0 Å². The standard InChI is InChI=1S/C33H31F3N4O6/c34-33(35,36)27-19-21(31(41)39-14-16-46-17-15-39)7-9-23(27)24-5-3-6-25-26(30(32(42)43)37-29(24)25)4-1-2-12-38-13-11-20-18-22(40(44)45)8-10-28(20)38/h3,5-10,18-19,37H,1-2,4,11-17H2,(H,42,43). The molecular weight excluding hydrogens is 605 g/mol. The van der Waals surface area contributed by atoms with Crippen molar-refractivity contribution < 1.29 is 37.5 Å². The highest BCUT2D eigenvalue weighted by atomic mass is 19.4. The van der Waals surface area contributed by atoms with Crippen LogP contribution in [0.1, 0.15) is 50.4 Å². The molecule has 0 radical (unpaired) electrons. The van der Waals surface area contributed by atoms with Gasteiger partial charge in [-0.05, 0) is 60.6 Å². The monoisotopic (exact) mass is 636 g/mol. The van der Waals surface area contributed by atoms with Crippen molar-refractivity contribution in [1.82, 2.24) is 9.88 Å². The molecule has 2 aliphatic rings. The third-order valence-electron chi connectivity index (χ3n) is 8.69. The van der Waals surface area contributed by atoms with Gasteiger partial charge in [0.1, 0.15) is 5.69 Å². The number of ether oxygens (including phenoxy) is 1. The highest BCUT2D eigenvalue weighted by Gasteiger charge is 2.36. The lowest BCUT2D eigenvalue weighted by atomic mass is 9.94. The van der Waals surface area contributed by atoms with Crippen LogP contribution in [-0.4, -0.2) is 71.2 Å². The van der Waals surface area contributed by atoms with E-state index in [-0.39, 0.29) is 33.6 Å². The maximum absolute atomic E-state index is 14.4. The molecule has 240 valence electrons. The smallest absolute Gasteiger partial charge is 0.417 e. The second kappa shape index (κ2) is 12.5. The van der Waals surface area contributed by atoms with E-state index in [4.69, 9.17) is 4.74 Å². The van der Waals surface area contributed by atoms with E-state index in [1.807, 2.05) is 0 Å². The topological polar surface area (TPSA) is 129 Å². The number of hydrogen-bond acceptors (Lipinski definition) is 6. The van der Waals surface area contributed by atoms with Crippen molar-refractivity contribution in [2.45, 2.75) is 31.9 Å². The number of non-ortho nitro benzene ring substituents is 1. The first kappa shape index (κ1) is 31.1. The molecule has 46 heavy (non-hydrogen) atoms. The number of fused-ring (bicyclic) bond motifs is 2. The maximum Gasteiger partial charge on any atom is 0.417 e. The Morgan fingerprint density at radius 3 is 2.50 bits per heavy atom. The van der Waals surface area contributed by atoms with Crippen LogP contribution in [0.5, 0.6) is 0 Å². The number of carboxylic acid groups (broad SMARTS) is 1. The number of alkyl halides is 3. The minimum absolute atomic E-state index is 0.0558. The molecule has 1 fully saturated rings. The van der Waals surface area contributed by atoms with E-state index in [1.54, 1.807) is 24.3 Å². The Kier molecular flexibility index (Phi) is 8.43. The number of anilines is 1. The molecule has 2 N–H and O–H groups in total. The quantitative estimate of drug-likeness (QED) is 0.125. The van der Waals surface area contributed by atoms with Crippen molar-refractivity contribution in [1.29, 1.82) is 0 Å². The van der Waals surface area contributed by atoms with E-state index in [0.717, 1.165) is 23.9 Å². The van der Waals surface area contributed by atoms with Gasteiger partial charge >= 0.3 is 12.1 Å². The van der Waals surface area contributed by atoms with Gasteiger partial charge in [-0.1, -0.05) is 24.3 Å². The van der Waals surface area contributed by atoms with Crippen LogP contribution in [0.3, 0.4) is 0 Å². The number of benzene rings is 3. The SMILES string of the molecule is O=C(O)c1[nH]c2c(-c3ccc(C(=O)N4CCOCC4)cc3C(F)(F)F)cccc2c1CCCCN1CCc2cc([N+](=O)[O-])ccc21. The van der Waals surface area contributed by atoms with Gasteiger partial charge in [0.2, 0.25) is 0 Å². The molecule has 4 aromatic rings. The van der Waals surface area contributed by atoms with Gasteiger partial charge in [-0.15, -0.1) is 0 Å². The number of nitro benzene ring substituents is 1. The largest absolute Gasteiger partial charge is 0.477 e. The number of aromatic amines is 1. The molecule has 3 heterocycles. The number of aromatic carboxylic acids is 1. The summed E-state index contributed by atoms with van der Waals surface area (Å²) in [4.78, 5) is 42.4. The second-order valence-electron chi connectivity index (χ2n) is 11.4. The van der Waals surface area contributed by atoms with E-state index in [0.29, 0.717) is 69.5 Å². The zero-order valence-electron chi connectivity index (χ0n) is 24.7. The summed E-state index contributed by atoms with van der Waals surface area (Å²) in [5, 5.41) is 21.6. The van der Waals surface area contributed by atoms with Crippen LogP contribution in [-0.2, 0) is 23.8 Å². The third-order valence-corrected chi connectivity index (χ3v) is 8.69. The van der Waals surface area contributed by atoms with Crippen molar-refractivity contribution in [3.05, 3.63) is 92.7 Å². The van der Waals surface area contributed by atoms with E-state index in [1.165, 1.54) is 29.2 Å². The number of aromatic nitrogens is 1. The average molecular weight is 637 g/mol. The van der Waals surface area contributed by atoms with E-state index in [9.17, 15) is 38.0 Å². The molecule has 0 unspecified atom stereocenters. The zero-order chi connectivity index (χ0) is 32.6. The molecule has 1 amide bonds. The molecule has 0 bridgehead atoms. The third kappa shape index (κ3) is 6.02. The molecule has 1 saturated heterocycles. The predicted molar refractivity (Wildman–Crippen MR) is 164 cm³/mol. The molecule has 2 aliphatic heterocycles. The molecule has 0 saturated carbocycles. The van der Waals surface area contributed by atoms with Crippen molar-refractivity contribution in [3.8, 4) is 11.1 Å². The number of para-hydroxylation sites is 1. The second-order valence-corrected chi connectivity index (χ2v) is 11.4. The Morgan fingerprint density at radius 1 is 1.00 bits per heavy atom. The number of carbonyl (C=O) groups is 2. The maximum atomic E-state index is 14.4. The van der Waals surface area contributed by atoms with Gasteiger partial charge in [0.15, 0.2) is 0 Å². The summed E-state index contributed by atoms with van der Waals surface area (Å²) in [5.41, 5.74) is 1.60. The fourth-order valence-corrected chi connectivity index (χ4v) is 6.44. The summed E-state index contributed by atoms with van der Waals surface area (Å²) in [7, 11) is 0. The van der Waals surface area contributed by atoms with E-state index < -0.39 is 28.5 Å². The van der Waals surface area contributed by atoms with Gasteiger partial charge in [-0.25, -0.2) is 4.79 Å². The number of nitrogens with zero attached hydrogens (tertiary/aromatic N) is 3. The van der Waals surface area contributed by atoms with E-state index >= 15 is 0 Å². The Balaban J connectivity index is 1.26. The fraction of sp³-hybridized carbons (Fsp3) is 0.333. The molecule has 0 spiro atoms. The first-order valence-electron chi connectivity index (χ1n) is 15.0. The van der Waals surface area contributed by atoms with Crippen LogP contribution in [0, 0.1) is 10.1 Å². The number of halogens is 3. The van der Waals surface area contributed by atoms with Gasteiger partial charge in [0.25, 0.3) is 11.6 Å². The first-order chi connectivity index (χ1) is 22.0. The van der Waals surface area contributed by atoms with Crippen LogP contribution in [0.15, 0.2) is 54.6 Å². The molecule has 0 aliphatic carbocycles. The summed E-state index contributed by atoms with van der Waals surface area (Å²) in [6, 6.07) is 13.2. The molecule has 3 aromatic carbocycles. The summed E-state index contributed by atoms with van der Waals surface area (Å²) >= 11 is 0. The highest BCUT2D eigenvalue weighted by molar-refractivity contribution is 6.04. The molecule has 10 nitrogen and oxygen atoms in total. The van der Waals surface area contributed by atoms with Crippen LogP contribution in [0.2, 0.25) is 0 Å². The lowest BCUT2D eigenvalue weighted by molar-refractivity contribution is -0.384. The van der Waals surface area contributed by atoms with Crippen LogP contribution < -0.4 is 4.90 Å². The number of carbonyl (C=O) groups excluding carboxylic acids is 1. The van der Waals surface area contributed by atoms with Gasteiger partial charge in [0, 0.05) is 60.5 Å². The number of aryl methyl sites for hydroxylation is 1. The molecule has 13 heteroatoms. The number of unbranched alkanes of at least 4 members (excludes halogenated alkanes) is 1. The van der Waals surface area contributed by atoms with Crippen LogP contribution in [0.4, 0.5) is 24.5 Å². The summed E-state index contributed by atoms with van der Waals surface area (Å²) < 4.78 is 48.5. The highest BCUT2D eigenvalue weighted by Crippen LogP contribution is 2.41. The molecular formula is C33H31F3N4O6. The number of nitrogens with one attached hydrogen (secondary N) is 1. The summed E-state index contributed by atoms with van der Waals surface area (Å²) in [6.45, 7) is 2.62. The number of amides is 1. The zero-order valence-corrected chi connectivity index (χ0v) is 24.7. The Morgan fingerprint density at radius 2 is 1.78 bits per heavy atom. The fourth-order valence-electron chi connectivity index (χ4n) is 6.44. The number of nitro groups is 1.